The summed E-state index contributed by atoms with van der Waals surface area (Å²) in [6.45, 7) is 3.66. The van der Waals surface area contributed by atoms with Gasteiger partial charge in [0.1, 0.15) is 5.75 Å². The molecule has 3 aromatic rings. The molecule has 0 radical (unpaired) electrons. The van der Waals surface area contributed by atoms with Gasteiger partial charge in [-0.15, -0.1) is 0 Å². The molecule has 31 heavy (non-hydrogen) atoms. The molecule has 0 saturated heterocycles. The third-order valence-corrected chi connectivity index (χ3v) is 6.31. The van der Waals surface area contributed by atoms with Gasteiger partial charge in [0.25, 0.3) is 21.6 Å². The Labute approximate surface area is 179 Å². The van der Waals surface area contributed by atoms with Crippen LogP contribution in [-0.2, 0) is 10.0 Å². The van der Waals surface area contributed by atoms with Crippen LogP contribution in [0.4, 0.5) is 11.4 Å². The van der Waals surface area contributed by atoms with Crippen molar-refractivity contribution in [2.45, 2.75) is 18.7 Å². The Morgan fingerprint density at radius 2 is 1.65 bits per heavy atom. The Kier molecular flexibility index (Phi) is 6.36. The highest BCUT2D eigenvalue weighted by molar-refractivity contribution is 7.93. The van der Waals surface area contributed by atoms with E-state index in [0.717, 1.165) is 0 Å². The van der Waals surface area contributed by atoms with Gasteiger partial charge in [0.15, 0.2) is 0 Å². The first-order chi connectivity index (χ1) is 14.8. The van der Waals surface area contributed by atoms with Crippen LogP contribution in [0.2, 0.25) is 0 Å². The van der Waals surface area contributed by atoms with Crippen molar-refractivity contribution in [3.63, 3.8) is 0 Å². The maximum atomic E-state index is 13.5. The normalized spacial score (nSPS) is 11.0. The molecule has 0 spiro atoms. The Hall–Kier alpha value is -3.72. The van der Waals surface area contributed by atoms with Gasteiger partial charge in [0.05, 0.1) is 27.7 Å². The number of anilines is 1. The van der Waals surface area contributed by atoms with Gasteiger partial charge in [0.2, 0.25) is 0 Å². The summed E-state index contributed by atoms with van der Waals surface area (Å²) in [5, 5.41) is 11.3. The monoisotopic (exact) mass is 440 g/mol. The molecule has 0 unspecified atom stereocenters. The van der Waals surface area contributed by atoms with Crippen LogP contribution in [0, 0.1) is 17.0 Å². The number of hydrogen-bond donors (Lipinski definition) is 0. The molecule has 0 aliphatic heterocycles. The summed E-state index contributed by atoms with van der Waals surface area (Å²) in [6, 6.07) is 17.5. The SMILES string of the molecule is CCOc1ccc(N(C(=O)c2cccc([N+](=O)[O-])c2C)S(=O)(=O)c2ccccc2)cc1. The molecule has 160 valence electrons. The average molecular weight is 440 g/mol. The zero-order chi connectivity index (χ0) is 22.6. The van der Waals surface area contributed by atoms with E-state index in [9.17, 15) is 23.3 Å². The first-order valence-electron chi connectivity index (χ1n) is 9.39. The molecule has 0 saturated carbocycles. The number of nitro groups is 1. The lowest BCUT2D eigenvalue weighted by Gasteiger charge is -2.23. The summed E-state index contributed by atoms with van der Waals surface area (Å²) in [4.78, 5) is 24.1. The van der Waals surface area contributed by atoms with E-state index in [1.54, 1.807) is 30.3 Å². The molecule has 0 heterocycles. The largest absolute Gasteiger partial charge is 0.494 e. The number of benzene rings is 3. The maximum Gasteiger partial charge on any atom is 0.273 e. The third-order valence-electron chi connectivity index (χ3n) is 4.58. The summed E-state index contributed by atoms with van der Waals surface area (Å²) in [5.74, 6) is -0.378. The van der Waals surface area contributed by atoms with E-state index in [-0.39, 0.29) is 27.4 Å². The van der Waals surface area contributed by atoms with Gasteiger partial charge in [0, 0.05) is 11.6 Å². The molecule has 0 atom stereocenters. The van der Waals surface area contributed by atoms with Crippen LogP contribution in [0.15, 0.2) is 77.7 Å². The minimum atomic E-state index is -4.30. The smallest absolute Gasteiger partial charge is 0.273 e. The van der Waals surface area contributed by atoms with Crippen LogP contribution >= 0.6 is 0 Å². The van der Waals surface area contributed by atoms with Crippen molar-refractivity contribution >= 4 is 27.3 Å². The molecule has 0 N–H and O–H groups in total. The summed E-state index contributed by atoms with van der Waals surface area (Å²) in [7, 11) is -4.30. The second-order valence-corrected chi connectivity index (χ2v) is 8.31. The van der Waals surface area contributed by atoms with Crippen LogP contribution in [-0.4, -0.2) is 25.9 Å². The molecule has 3 rings (SSSR count). The molecular weight excluding hydrogens is 420 g/mol. The number of nitro benzene ring substituents is 1. The number of ether oxygens (including phenoxy) is 1. The molecule has 9 heteroatoms. The molecule has 0 aromatic heterocycles. The van der Waals surface area contributed by atoms with Gasteiger partial charge in [-0.25, -0.2) is 8.42 Å². The molecule has 0 aliphatic rings. The number of nitrogens with zero attached hydrogens (tertiary/aromatic N) is 2. The summed E-state index contributed by atoms with van der Waals surface area (Å²) in [5.41, 5.74) is -0.183. The van der Waals surface area contributed by atoms with Crippen molar-refractivity contribution in [2.75, 3.05) is 10.9 Å². The lowest BCUT2D eigenvalue weighted by molar-refractivity contribution is -0.385. The number of carbonyl (C=O) groups is 1. The molecule has 3 aromatic carbocycles. The van der Waals surface area contributed by atoms with Crippen molar-refractivity contribution in [1.29, 1.82) is 0 Å². The number of sulfonamides is 1. The van der Waals surface area contributed by atoms with E-state index >= 15 is 0 Å². The second-order valence-electron chi connectivity index (χ2n) is 6.52. The van der Waals surface area contributed by atoms with Crippen molar-refractivity contribution in [3.8, 4) is 5.75 Å². The highest BCUT2D eigenvalue weighted by Crippen LogP contribution is 2.30. The summed E-state index contributed by atoms with van der Waals surface area (Å²) in [6.07, 6.45) is 0. The topological polar surface area (TPSA) is 107 Å². The Morgan fingerprint density at radius 1 is 1.00 bits per heavy atom. The number of hydrogen-bond acceptors (Lipinski definition) is 6. The van der Waals surface area contributed by atoms with Crippen LogP contribution in [0.3, 0.4) is 0 Å². The second kappa shape index (κ2) is 8.97. The molecular formula is C22H20N2O6S. The maximum absolute atomic E-state index is 13.5. The van der Waals surface area contributed by atoms with E-state index in [4.69, 9.17) is 4.74 Å². The standard InChI is InChI=1S/C22H20N2O6S/c1-3-30-18-14-12-17(13-15-18)23(31(28,29)19-8-5-4-6-9-19)22(25)20-10-7-11-21(16(20)2)24(26)27/h4-15H,3H2,1-2H3. The molecule has 8 nitrogen and oxygen atoms in total. The zero-order valence-electron chi connectivity index (χ0n) is 16.9. The van der Waals surface area contributed by atoms with Gasteiger partial charge >= 0.3 is 0 Å². The molecule has 0 fully saturated rings. The quantitative estimate of drug-likeness (QED) is 0.400. The molecule has 0 aliphatic carbocycles. The van der Waals surface area contributed by atoms with E-state index in [0.29, 0.717) is 16.7 Å². The van der Waals surface area contributed by atoms with E-state index in [1.807, 2.05) is 6.92 Å². The first-order valence-corrected chi connectivity index (χ1v) is 10.8. The number of amides is 1. The van der Waals surface area contributed by atoms with Gasteiger partial charge in [-0.3, -0.25) is 14.9 Å². The lowest BCUT2D eigenvalue weighted by atomic mass is 10.1. The van der Waals surface area contributed by atoms with Crippen molar-refractivity contribution < 1.29 is 22.9 Å². The Morgan fingerprint density at radius 3 is 2.23 bits per heavy atom. The average Bonchev–Trinajstić information content (AvgIpc) is 2.75. The minimum Gasteiger partial charge on any atom is -0.494 e. The van der Waals surface area contributed by atoms with E-state index in [1.165, 1.54) is 49.4 Å². The zero-order valence-corrected chi connectivity index (χ0v) is 17.7. The van der Waals surface area contributed by atoms with E-state index in [2.05, 4.69) is 0 Å². The highest BCUT2D eigenvalue weighted by Gasteiger charge is 2.33. The fourth-order valence-electron chi connectivity index (χ4n) is 3.07. The van der Waals surface area contributed by atoms with Crippen LogP contribution in [0.1, 0.15) is 22.8 Å². The number of carbonyl (C=O) groups excluding carboxylic acids is 1. The van der Waals surface area contributed by atoms with Crippen LogP contribution in [0.25, 0.3) is 0 Å². The Bertz CT molecular complexity index is 1210. The van der Waals surface area contributed by atoms with Crippen LogP contribution in [0.5, 0.6) is 5.75 Å². The van der Waals surface area contributed by atoms with Gasteiger partial charge in [-0.1, -0.05) is 24.3 Å². The Balaban J connectivity index is 2.18. The lowest BCUT2D eigenvalue weighted by Crippen LogP contribution is -2.37. The van der Waals surface area contributed by atoms with E-state index < -0.39 is 20.9 Å². The van der Waals surface area contributed by atoms with Crippen molar-refractivity contribution in [3.05, 3.63) is 94.0 Å². The minimum absolute atomic E-state index is 0.0803. The predicted molar refractivity (Wildman–Crippen MR) is 116 cm³/mol. The van der Waals surface area contributed by atoms with Crippen molar-refractivity contribution in [1.82, 2.24) is 0 Å². The van der Waals surface area contributed by atoms with Gasteiger partial charge in [-0.2, -0.15) is 4.31 Å². The van der Waals surface area contributed by atoms with Crippen molar-refractivity contribution in [2.24, 2.45) is 0 Å². The molecule has 1 amide bonds. The van der Waals surface area contributed by atoms with Gasteiger partial charge < -0.3 is 4.74 Å². The first kappa shape index (κ1) is 22.0. The molecule has 0 bridgehead atoms. The fraction of sp³-hybridized carbons (Fsp3) is 0.136. The van der Waals surface area contributed by atoms with Crippen LogP contribution < -0.4 is 9.04 Å². The number of rotatable bonds is 7. The summed E-state index contributed by atoms with van der Waals surface area (Å²) >= 11 is 0. The highest BCUT2D eigenvalue weighted by atomic mass is 32.2. The summed E-state index contributed by atoms with van der Waals surface area (Å²) < 4.78 is 32.9. The third kappa shape index (κ3) is 4.41. The fourth-order valence-corrected chi connectivity index (χ4v) is 4.50. The van der Waals surface area contributed by atoms with Gasteiger partial charge in [-0.05, 0) is 56.3 Å². The predicted octanol–water partition coefficient (Wildman–Crippen LogP) is 4.34.